The Morgan fingerprint density at radius 3 is 2.34 bits per heavy atom. The van der Waals surface area contributed by atoms with Gasteiger partial charge >= 0.3 is 0 Å². The molecule has 146 valence electrons. The summed E-state index contributed by atoms with van der Waals surface area (Å²) in [6.45, 7) is 0.411. The van der Waals surface area contributed by atoms with Crippen molar-refractivity contribution in [3.05, 3.63) is 101 Å². The Kier molecular flexibility index (Phi) is 6.65. The Hall–Kier alpha value is -3.58. The number of halogens is 1. The van der Waals surface area contributed by atoms with Crippen LogP contribution in [0.4, 0.5) is 10.1 Å². The second-order valence-corrected chi connectivity index (χ2v) is 6.55. The molecule has 3 aromatic rings. The Morgan fingerprint density at radius 2 is 1.59 bits per heavy atom. The van der Waals surface area contributed by atoms with Gasteiger partial charge in [-0.3, -0.25) is 14.9 Å². The van der Waals surface area contributed by atoms with Crippen molar-refractivity contribution in [1.82, 2.24) is 10.6 Å². The first-order valence-electron chi connectivity index (χ1n) is 8.82. The molecule has 0 aliphatic rings. The maximum absolute atomic E-state index is 13.7. The lowest BCUT2D eigenvalue weighted by Gasteiger charge is -2.11. The van der Waals surface area contributed by atoms with Crippen molar-refractivity contribution < 1.29 is 14.0 Å². The summed E-state index contributed by atoms with van der Waals surface area (Å²) in [5.41, 5.74) is 1.85. The minimum atomic E-state index is -0.655. The highest BCUT2D eigenvalue weighted by molar-refractivity contribution is 7.80. The Labute approximate surface area is 173 Å². The molecule has 0 fully saturated rings. The first kappa shape index (κ1) is 20.2. The van der Waals surface area contributed by atoms with Crippen molar-refractivity contribution in [3.8, 4) is 0 Å². The van der Waals surface area contributed by atoms with Gasteiger partial charge in [0, 0.05) is 17.8 Å². The summed E-state index contributed by atoms with van der Waals surface area (Å²) in [4.78, 5) is 24.5. The van der Waals surface area contributed by atoms with Crippen LogP contribution in [0.5, 0.6) is 0 Å². The molecule has 5 nitrogen and oxygen atoms in total. The van der Waals surface area contributed by atoms with Crippen LogP contribution < -0.4 is 16.0 Å². The van der Waals surface area contributed by atoms with E-state index in [2.05, 4.69) is 16.0 Å². The van der Waals surface area contributed by atoms with Crippen molar-refractivity contribution in [2.45, 2.75) is 6.54 Å². The van der Waals surface area contributed by atoms with Crippen LogP contribution in [0.25, 0.3) is 0 Å². The molecule has 0 atom stereocenters. The second-order valence-electron chi connectivity index (χ2n) is 6.14. The lowest BCUT2D eigenvalue weighted by Crippen LogP contribution is -2.34. The molecule has 0 unspecified atom stereocenters. The average Bonchev–Trinajstić information content (AvgIpc) is 2.73. The van der Waals surface area contributed by atoms with Crippen LogP contribution in [0.15, 0.2) is 78.9 Å². The van der Waals surface area contributed by atoms with Gasteiger partial charge in [0.25, 0.3) is 11.8 Å². The van der Waals surface area contributed by atoms with Crippen molar-refractivity contribution in [1.29, 1.82) is 0 Å². The third kappa shape index (κ3) is 5.70. The third-order valence-electron chi connectivity index (χ3n) is 4.02. The number of thiocarbonyl (C=S) groups is 1. The van der Waals surface area contributed by atoms with E-state index < -0.39 is 11.7 Å². The van der Waals surface area contributed by atoms with Crippen molar-refractivity contribution >= 4 is 34.8 Å². The lowest BCUT2D eigenvalue weighted by atomic mass is 10.1. The highest BCUT2D eigenvalue weighted by Crippen LogP contribution is 2.12. The van der Waals surface area contributed by atoms with E-state index in [1.807, 2.05) is 30.3 Å². The number of nitrogens with one attached hydrogen (secondary N) is 3. The minimum absolute atomic E-state index is 0.0000896. The topological polar surface area (TPSA) is 70.2 Å². The Bertz CT molecular complexity index is 1040. The zero-order chi connectivity index (χ0) is 20.6. The predicted molar refractivity (Wildman–Crippen MR) is 114 cm³/mol. The number of anilines is 1. The second kappa shape index (κ2) is 9.57. The third-order valence-corrected chi connectivity index (χ3v) is 4.23. The standard InChI is InChI=1S/C22H18FN3O2S/c23-19-12-5-4-11-18(19)21(28)26-22(29)25-17-10-6-9-16(13-17)20(27)24-14-15-7-2-1-3-8-15/h1-13H,14H2,(H,24,27)(H2,25,26,28,29). The molecular weight excluding hydrogens is 389 g/mol. The van der Waals surface area contributed by atoms with Crippen molar-refractivity contribution in [3.63, 3.8) is 0 Å². The molecule has 7 heteroatoms. The smallest absolute Gasteiger partial charge is 0.260 e. The molecule has 0 heterocycles. The van der Waals surface area contributed by atoms with Crippen molar-refractivity contribution in [2.75, 3.05) is 5.32 Å². The van der Waals surface area contributed by atoms with Gasteiger partial charge in [-0.2, -0.15) is 0 Å². The Morgan fingerprint density at radius 1 is 0.862 bits per heavy atom. The molecule has 0 spiro atoms. The van der Waals surface area contributed by atoms with Gasteiger partial charge in [-0.1, -0.05) is 48.5 Å². The van der Waals surface area contributed by atoms with Gasteiger partial charge in [-0.05, 0) is 48.1 Å². The molecule has 0 aliphatic heterocycles. The van der Waals surface area contributed by atoms with E-state index in [0.717, 1.165) is 5.56 Å². The van der Waals surface area contributed by atoms with Gasteiger partial charge in [0.1, 0.15) is 5.82 Å². The van der Waals surface area contributed by atoms with Crippen LogP contribution in [0.3, 0.4) is 0 Å². The largest absolute Gasteiger partial charge is 0.348 e. The summed E-state index contributed by atoms with van der Waals surface area (Å²) in [5.74, 6) is -1.53. The van der Waals surface area contributed by atoms with Crippen molar-refractivity contribution in [2.24, 2.45) is 0 Å². The van der Waals surface area contributed by atoms with E-state index in [1.54, 1.807) is 30.3 Å². The summed E-state index contributed by atoms with van der Waals surface area (Å²) in [6.07, 6.45) is 0. The molecular formula is C22H18FN3O2S. The Balaban J connectivity index is 1.59. The van der Waals surface area contributed by atoms with Gasteiger partial charge in [-0.15, -0.1) is 0 Å². The van der Waals surface area contributed by atoms with Gasteiger partial charge in [0.2, 0.25) is 0 Å². The van der Waals surface area contributed by atoms with E-state index in [-0.39, 0.29) is 16.6 Å². The predicted octanol–water partition coefficient (Wildman–Crippen LogP) is 3.88. The lowest BCUT2D eigenvalue weighted by molar-refractivity contribution is 0.0948. The zero-order valence-electron chi connectivity index (χ0n) is 15.3. The van der Waals surface area contributed by atoms with Crippen LogP contribution in [-0.2, 0) is 6.54 Å². The van der Waals surface area contributed by atoms with Crippen LogP contribution in [0, 0.1) is 5.82 Å². The zero-order valence-corrected chi connectivity index (χ0v) is 16.1. The number of amides is 2. The molecule has 0 saturated carbocycles. The molecule has 0 aromatic heterocycles. The SMILES string of the molecule is O=C(NCc1ccccc1)c1cccc(NC(=S)NC(=O)c2ccccc2F)c1. The first-order valence-corrected chi connectivity index (χ1v) is 9.23. The molecule has 0 bridgehead atoms. The van der Waals surface area contributed by atoms with Crippen LogP contribution in [-0.4, -0.2) is 16.9 Å². The molecule has 0 aliphatic carbocycles. The molecule has 0 saturated heterocycles. The number of carbonyl (C=O) groups is 2. The molecule has 3 aromatic carbocycles. The summed E-state index contributed by atoms with van der Waals surface area (Å²) < 4.78 is 13.7. The highest BCUT2D eigenvalue weighted by atomic mass is 32.1. The summed E-state index contributed by atoms with van der Waals surface area (Å²) in [5, 5.41) is 8.09. The molecule has 2 amide bonds. The molecule has 29 heavy (non-hydrogen) atoms. The summed E-state index contributed by atoms with van der Waals surface area (Å²) in [6, 6.07) is 21.9. The van der Waals surface area contributed by atoms with E-state index in [1.165, 1.54) is 18.2 Å². The van der Waals surface area contributed by atoms with Crippen LogP contribution >= 0.6 is 12.2 Å². The van der Waals surface area contributed by atoms with Gasteiger partial charge in [-0.25, -0.2) is 4.39 Å². The monoisotopic (exact) mass is 407 g/mol. The number of rotatable bonds is 5. The number of hydrogen-bond donors (Lipinski definition) is 3. The number of carbonyl (C=O) groups excluding carboxylic acids is 2. The fraction of sp³-hybridized carbons (Fsp3) is 0.0455. The summed E-state index contributed by atoms with van der Waals surface area (Å²) >= 11 is 5.11. The molecule has 0 radical (unpaired) electrons. The van der Waals surface area contributed by atoms with Crippen LogP contribution in [0.2, 0.25) is 0 Å². The quantitative estimate of drug-likeness (QED) is 0.562. The highest BCUT2D eigenvalue weighted by Gasteiger charge is 2.13. The molecule has 3 rings (SSSR count). The number of hydrogen-bond acceptors (Lipinski definition) is 3. The van der Waals surface area contributed by atoms with Crippen LogP contribution in [0.1, 0.15) is 26.3 Å². The van der Waals surface area contributed by atoms with E-state index in [9.17, 15) is 14.0 Å². The minimum Gasteiger partial charge on any atom is -0.348 e. The maximum Gasteiger partial charge on any atom is 0.260 e. The van der Waals surface area contributed by atoms with Gasteiger partial charge in [0.05, 0.1) is 5.56 Å². The van der Waals surface area contributed by atoms with E-state index >= 15 is 0 Å². The van der Waals surface area contributed by atoms with E-state index in [4.69, 9.17) is 12.2 Å². The fourth-order valence-electron chi connectivity index (χ4n) is 2.60. The molecule has 3 N–H and O–H groups in total. The maximum atomic E-state index is 13.7. The first-order chi connectivity index (χ1) is 14.0. The van der Waals surface area contributed by atoms with Gasteiger partial charge in [0.15, 0.2) is 5.11 Å². The average molecular weight is 407 g/mol. The van der Waals surface area contributed by atoms with E-state index in [0.29, 0.717) is 17.8 Å². The number of benzene rings is 3. The normalized spacial score (nSPS) is 10.1. The fourth-order valence-corrected chi connectivity index (χ4v) is 2.81. The van der Waals surface area contributed by atoms with Gasteiger partial charge < -0.3 is 10.6 Å². The summed E-state index contributed by atoms with van der Waals surface area (Å²) in [7, 11) is 0.